The van der Waals surface area contributed by atoms with Crippen molar-refractivity contribution in [3.63, 3.8) is 0 Å². The van der Waals surface area contributed by atoms with E-state index in [1.807, 2.05) is 30.3 Å². The molecule has 0 radical (unpaired) electrons. The molecule has 5 heteroatoms. The molecule has 23 heavy (non-hydrogen) atoms. The molecule has 3 unspecified atom stereocenters. The minimum atomic E-state index is -0.109. The molecule has 4 rings (SSSR count). The topological polar surface area (TPSA) is 60.5 Å². The number of nitrogens with zero attached hydrogens (tertiary/aromatic N) is 1. The molecule has 1 aliphatic heterocycles. The van der Waals surface area contributed by atoms with Crippen molar-refractivity contribution in [3.8, 4) is 0 Å². The second kappa shape index (κ2) is 6.26. The van der Waals surface area contributed by atoms with Gasteiger partial charge < -0.3 is 14.8 Å². The number of fused-ring (bicyclic) bond motifs is 2. The van der Waals surface area contributed by atoms with E-state index in [2.05, 4.69) is 10.3 Å². The second-order valence-corrected chi connectivity index (χ2v) is 6.18. The summed E-state index contributed by atoms with van der Waals surface area (Å²) < 4.78 is 11.5. The van der Waals surface area contributed by atoms with Gasteiger partial charge in [-0.25, -0.2) is 0 Å². The van der Waals surface area contributed by atoms with Crippen molar-refractivity contribution in [2.24, 2.45) is 0 Å². The van der Waals surface area contributed by atoms with Gasteiger partial charge in [-0.2, -0.15) is 0 Å². The Bertz CT molecular complexity index is 713. The highest BCUT2D eigenvalue weighted by Crippen LogP contribution is 2.27. The lowest BCUT2D eigenvalue weighted by Gasteiger charge is -2.39. The van der Waals surface area contributed by atoms with Gasteiger partial charge in [0.1, 0.15) is 5.69 Å². The number of carbonyl (C=O) groups is 1. The van der Waals surface area contributed by atoms with Crippen LogP contribution in [0.15, 0.2) is 36.5 Å². The summed E-state index contributed by atoms with van der Waals surface area (Å²) >= 11 is 0. The fraction of sp³-hybridized carbons (Fsp3) is 0.444. The molecule has 1 aromatic carbocycles. The SMILES string of the molecule is O=C(NC1CCC2OCCOC2C1)c1nccc2ccccc12. The van der Waals surface area contributed by atoms with Crippen molar-refractivity contribution in [2.45, 2.75) is 37.5 Å². The lowest BCUT2D eigenvalue weighted by Crippen LogP contribution is -2.49. The van der Waals surface area contributed by atoms with Gasteiger partial charge in [0.25, 0.3) is 5.91 Å². The molecule has 1 N–H and O–H groups in total. The highest BCUT2D eigenvalue weighted by molar-refractivity contribution is 6.05. The van der Waals surface area contributed by atoms with E-state index in [0.717, 1.165) is 30.0 Å². The van der Waals surface area contributed by atoms with Crippen LogP contribution in [-0.4, -0.2) is 42.4 Å². The molecule has 1 saturated carbocycles. The molecule has 2 aliphatic rings. The minimum Gasteiger partial charge on any atom is -0.373 e. The van der Waals surface area contributed by atoms with Crippen molar-refractivity contribution in [3.05, 3.63) is 42.2 Å². The van der Waals surface area contributed by atoms with E-state index >= 15 is 0 Å². The maximum absolute atomic E-state index is 12.6. The van der Waals surface area contributed by atoms with Crippen LogP contribution < -0.4 is 5.32 Å². The lowest BCUT2D eigenvalue weighted by molar-refractivity contribution is -0.157. The van der Waals surface area contributed by atoms with Crippen LogP contribution in [0.1, 0.15) is 29.8 Å². The van der Waals surface area contributed by atoms with Crippen molar-refractivity contribution in [2.75, 3.05) is 13.2 Å². The number of hydrogen-bond acceptors (Lipinski definition) is 4. The number of amides is 1. The summed E-state index contributed by atoms with van der Waals surface area (Å²) in [5.74, 6) is -0.109. The third-order valence-electron chi connectivity index (χ3n) is 4.70. The summed E-state index contributed by atoms with van der Waals surface area (Å²) in [6, 6.07) is 9.86. The highest BCUT2D eigenvalue weighted by Gasteiger charge is 2.34. The van der Waals surface area contributed by atoms with E-state index in [1.165, 1.54) is 0 Å². The van der Waals surface area contributed by atoms with Gasteiger partial charge in [0, 0.05) is 17.6 Å². The number of ether oxygens (including phenoxy) is 2. The predicted molar refractivity (Wildman–Crippen MR) is 86.3 cm³/mol. The van der Waals surface area contributed by atoms with Crippen LogP contribution in [0.3, 0.4) is 0 Å². The first-order chi connectivity index (χ1) is 11.3. The molecular weight excluding hydrogens is 292 g/mol. The zero-order valence-electron chi connectivity index (χ0n) is 12.9. The Kier molecular flexibility index (Phi) is 3.97. The number of carbonyl (C=O) groups excluding carboxylic acids is 1. The van der Waals surface area contributed by atoms with E-state index < -0.39 is 0 Å². The van der Waals surface area contributed by atoms with Gasteiger partial charge in [0.2, 0.25) is 0 Å². The zero-order valence-corrected chi connectivity index (χ0v) is 12.9. The van der Waals surface area contributed by atoms with Gasteiger partial charge in [0.05, 0.1) is 25.4 Å². The van der Waals surface area contributed by atoms with Crippen molar-refractivity contribution >= 4 is 16.7 Å². The summed E-state index contributed by atoms with van der Waals surface area (Å²) in [6.07, 6.45) is 4.63. The number of pyridine rings is 1. The van der Waals surface area contributed by atoms with Gasteiger partial charge >= 0.3 is 0 Å². The lowest BCUT2D eigenvalue weighted by atomic mass is 9.89. The average molecular weight is 312 g/mol. The number of nitrogens with one attached hydrogen (secondary N) is 1. The second-order valence-electron chi connectivity index (χ2n) is 6.18. The molecule has 1 aromatic heterocycles. The van der Waals surface area contributed by atoms with E-state index in [4.69, 9.17) is 9.47 Å². The maximum atomic E-state index is 12.6. The number of rotatable bonds is 2. The number of hydrogen-bond donors (Lipinski definition) is 1. The minimum absolute atomic E-state index is 0.100. The molecular formula is C18H20N2O3. The Morgan fingerprint density at radius 1 is 1.09 bits per heavy atom. The summed E-state index contributed by atoms with van der Waals surface area (Å²) in [5.41, 5.74) is 0.492. The summed E-state index contributed by atoms with van der Waals surface area (Å²) in [7, 11) is 0. The smallest absolute Gasteiger partial charge is 0.270 e. The van der Waals surface area contributed by atoms with Crippen LogP contribution in [-0.2, 0) is 9.47 Å². The predicted octanol–water partition coefficient (Wildman–Crippen LogP) is 2.30. The number of benzene rings is 1. The van der Waals surface area contributed by atoms with Crippen LogP contribution in [0.5, 0.6) is 0 Å². The Labute approximate surface area is 135 Å². The summed E-state index contributed by atoms with van der Waals surface area (Å²) in [4.78, 5) is 16.9. The Hall–Kier alpha value is -1.98. The average Bonchev–Trinajstić information content (AvgIpc) is 2.61. The molecule has 2 heterocycles. The van der Waals surface area contributed by atoms with Gasteiger partial charge in [-0.15, -0.1) is 0 Å². The van der Waals surface area contributed by atoms with Crippen molar-refractivity contribution in [1.29, 1.82) is 0 Å². The Morgan fingerprint density at radius 2 is 1.91 bits per heavy atom. The van der Waals surface area contributed by atoms with E-state index in [9.17, 15) is 4.79 Å². The fourth-order valence-electron chi connectivity index (χ4n) is 3.55. The fourth-order valence-corrected chi connectivity index (χ4v) is 3.55. The highest BCUT2D eigenvalue weighted by atomic mass is 16.6. The molecule has 3 atom stereocenters. The third-order valence-corrected chi connectivity index (χ3v) is 4.70. The largest absolute Gasteiger partial charge is 0.373 e. The first-order valence-corrected chi connectivity index (χ1v) is 8.19. The third kappa shape index (κ3) is 2.94. The maximum Gasteiger partial charge on any atom is 0.270 e. The molecule has 5 nitrogen and oxygen atoms in total. The molecule has 1 saturated heterocycles. The molecule has 0 spiro atoms. The monoisotopic (exact) mass is 312 g/mol. The van der Waals surface area contributed by atoms with Crippen LogP contribution in [0, 0.1) is 0 Å². The van der Waals surface area contributed by atoms with Crippen molar-refractivity contribution in [1.82, 2.24) is 10.3 Å². The first kappa shape index (κ1) is 14.6. The molecule has 1 aliphatic carbocycles. The van der Waals surface area contributed by atoms with Gasteiger partial charge in [-0.3, -0.25) is 9.78 Å². The summed E-state index contributed by atoms with van der Waals surface area (Å²) in [6.45, 7) is 1.32. The van der Waals surface area contributed by atoms with Gasteiger partial charge in [-0.05, 0) is 30.7 Å². The molecule has 1 amide bonds. The molecule has 2 aromatic rings. The van der Waals surface area contributed by atoms with Crippen LogP contribution >= 0.6 is 0 Å². The molecule has 0 bridgehead atoms. The molecule has 2 fully saturated rings. The van der Waals surface area contributed by atoms with E-state index in [1.54, 1.807) is 6.20 Å². The van der Waals surface area contributed by atoms with Crippen LogP contribution in [0.2, 0.25) is 0 Å². The van der Waals surface area contributed by atoms with Crippen molar-refractivity contribution < 1.29 is 14.3 Å². The van der Waals surface area contributed by atoms with E-state index in [0.29, 0.717) is 18.9 Å². The standard InChI is InChI=1S/C18H20N2O3/c21-18(17-14-4-2-1-3-12(14)7-8-19-17)20-13-5-6-15-16(11-13)23-10-9-22-15/h1-4,7-8,13,15-16H,5-6,9-11H2,(H,20,21). The normalized spacial score (nSPS) is 27.4. The van der Waals surface area contributed by atoms with Crippen LogP contribution in [0.4, 0.5) is 0 Å². The first-order valence-electron chi connectivity index (χ1n) is 8.19. The summed E-state index contributed by atoms with van der Waals surface area (Å²) in [5, 5.41) is 5.04. The number of aromatic nitrogens is 1. The van der Waals surface area contributed by atoms with Gasteiger partial charge in [-0.1, -0.05) is 24.3 Å². The Balaban J connectivity index is 1.49. The quantitative estimate of drug-likeness (QED) is 0.924. The Morgan fingerprint density at radius 3 is 2.83 bits per heavy atom. The molecule has 120 valence electrons. The van der Waals surface area contributed by atoms with Crippen LogP contribution in [0.25, 0.3) is 10.8 Å². The zero-order chi connectivity index (χ0) is 15.6. The van der Waals surface area contributed by atoms with E-state index in [-0.39, 0.29) is 24.2 Å². The van der Waals surface area contributed by atoms with Gasteiger partial charge in [0.15, 0.2) is 0 Å².